The van der Waals surface area contributed by atoms with E-state index >= 15 is 0 Å². The smallest absolute Gasteiger partial charge is 0.0285 e. The first-order valence-corrected chi connectivity index (χ1v) is 9.40. The van der Waals surface area contributed by atoms with Crippen LogP contribution in [-0.2, 0) is 0 Å². The molecule has 0 amide bonds. The number of rotatable bonds is 9. The number of hydrogen-bond acceptors (Lipinski definition) is 1. The highest BCUT2D eigenvalue weighted by Crippen LogP contribution is 2.57. The van der Waals surface area contributed by atoms with E-state index in [4.69, 9.17) is 0 Å². The van der Waals surface area contributed by atoms with Crippen LogP contribution in [0.5, 0.6) is 0 Å². The Morgan fingerprint density at radius 2 is 1.85 bits per heavy atom. The summed E-state index contributed by atoms with van der Waals surface area (Å²) >= 11 is 0. The van der Waals surface area contributed by atoms with Crippen LogP contribution in [0.3, 0.4) is 0 Å². The van der Waals surface area contributed by atoms with Crippen molar-refractivity contribution in [3.05, 3.63) is 0 Å². The predicted octanol–water partition coefficient (Wildman–Crippen LogP) is 5.49. The number of unbranched alkanes of at least 4 members (excludes halogenated alkanes) is 3. The minimum Gasteiger partial charge on any atom is -0.297 e. The third-order valence-corrected chi connectivity index (χ3v) is 6.29. The van der Waals surface area contributed by atoms with Crippen LogP contribution in [0.4, 0.5) is 0 Å². The van der Waals surface area contributed by atoms with Gasteiger partial charge < -0.3 is 0 Å². The van der Waals surface area contributed by atoms with Gasteiger partial charge in [-0.25, -0.2) is 0 Å². The third-order valence-electron chi connectivity index (χ3n) is 6.29. The number of nitrogens with zero attached hydrogens (tertiary/aromatic N) is 1. The van der Waals surface area contributed by atoms with Crippen molar-refractivity contribution in [1.82, 2.24) is 4.90 Å². The maximum atomic E-state index is 2.79. The van der Waals surface area contributed by atoms with Crippen molar-refractivity contribution in [3.63, 3.8) is 0 Å². The van der Waals surface area contributed by atoms with Crippen molar-refractivity contribution in [3.8, 4) is 0 Å². The van der Waals surface area contributed by atoms with E-state index < -0.39 is 0 Å². The molecule has 2 fully saturated rings. The zero-order valence-corrected chi connectivity index (χ0v) is 14.5. The highest BCUT2D eigenvalue weighted by Gasteiger charge is 2.57. The molecule has 4 atom stereocenters. The molecule has 1 aliphatic carbocycles. The average molecular weight is 280 g/mol. The summed E-state index contributed by atoms with van der Waals surface area (Å²) in [7, 11) is 0. The maximum Gasteiger partial charge on any atom is 0.0285 e. The van der Waals surface area contributed by atoms with Crippen molar-refractivity contribution in [2.24, 2.45) is 17.3 Å². The Hall–Kier alpha value is -0.0400. The Morgan fingerprint density at radius 1 is 1.10 bits per heavy atom. The molecule has 1 nitrogen and oxygen atoms in total. The molecule has 1 heteroatoms. The summed E-state index contributed by atoms with van der Waals surface area (Å²) in [6, 6.07) is 0.933. The van der Waals surface area contributed by atoms with Crippen molar-refractivity contribution >= 4 is 0 Å². The molecule has 2 rings (SSSR count). The third kappa shape index (κ3) is 3.24. The van der Waals surface area contributed by atoms with Gasteiger partial charge in [0.05, 0.1) is 0 Å². The van der Waals surface area contributed by atoms with E-state index in [-0.39, 0.29) is 0 Å². The van der Waals surface area contributed by atoms with Gasteiger partial charge in [0.2, 0.25) is 0 Å². The van der Waals surface area contributed by atoms with E-state index in [1.807, 2.05) is 0 Å². The molecule has 1 aliphatic heterocycles. The predicted molar refractivity (Wildman–Crippen MR) is 89.0 cm³/mol. The minimum absolute atomic E-state index is 0.668. The Bertz CT molecular complexity index is 285. The first-order valence-electron chi connectivity index (χ1n) is 9.40. The normalized spacial score (nSPS) is 36.8. The van der Waals surface area contributed by atoms with E-state index in [2.05, 4.69) is 32.6 Å². The fraction of sp³-hybridized carbons (Fsp3) is 1.00. The monoisotopic (exact) mass is 279 g/mol. The van der Waals surface area contributed by atoms with Gasteiger partial charge in [-0.15, -0.1) is 0 Å². The molecular weight excluding hydrogens is 242 g/mol. The lowest BCUT2D eigenvalue weighted by Crippen LogP contribution is -2.39. The van der Waals surface area contributed by atoms with Gasteiger partial charge in [0, 0.05) is 12.6 Å². The largest absolute Gasteiger partial charge is 0.297 e. The summed E-state index contributed by atoms with van der Waals surface area (Å²) in [4.78, 5) is 2.79. The highest BCUT2D eigenvalue weighted by molar-refractivity contribution is 5.10. The van der Waals surface area contributed by atoms with Crippen molar-refractivity contribution in [1.29, 1.82) is 0 Å². The second-order valence-corrected chi connectivity index (χ2v) is 7.72. The van der Waals surface area contributed by atoms with E-state index in [1.54, 1.807) is 0 Å². The molecular formula is C19H37N. The number of hydrogen-bond donors (Lipinski definition) is 0. The SMILES string of the molecule is CCCCCC1CCCC1(C(C)C)C1CN1CCCC. The van der Waals surface area contributed by atoms with Gasteiger partial charge in [-0.1, -0.05) is 59.8 Å². The summed E-state index contributed by atoms with van der Waals surface area (Å²) in [6.45, 7) is 12.4. The van der Waals surface area contributed by atoms with Gasteiger partial charge >= 0.3 is 0 Å². The lowest BCUT2D eigenvalue weighted by molar-refractivity contribution is 0.0908. The Balaban J connectivity index is 1.98. The topological polar surface area (TPSA) is 3.01 Å². The molecule has 0 bridgehead atoms. The molecule has 20 heavy (non-hydrogen) atoms. The molecule has 0 aromatic carbocycles. The molecule has 2 aliphatic rings. The summed E-state index contributed by atoms with van der Waals surface area (Å²) in [5, 5.41) is 0. The average Bonchev–Trinajstić information content (AvgIpc) is 3.08. The summed E-state index contributed by atoms with van der Waals surface area (Å²) < 4.78 is 0. The van der Waals surface area contributed by atoms with Crippen molar-refractivity contribution in [2.45, 2.75) is 91.5 Å². The van der Waals surface area contributed by atoms with E-state index in [9.17, 15) is 0 Å². The molecule has 0 radical (unpaired) electrons. The van der Waals surface area contributed by atoms with Crippen LogP contribution >= 0.6 is 0 Å². The van der Waals surface area contributed by atoms with Crippen LogP contribution in [0.1, 0.15) is 85.5 Å². The summed E-state index contributed by atoms with van der Waals surface area (Å²) in [6.07, 6.45) is 13.0. The molecule has 4 unspecified atom stereocenters. The zero-order valence-electron chi connectivity index (χ0n) is 14.5. The second-order valence-electron chi connectivity index (χ2n) is 7.72. The maximum absolute atomic E-state index is 2.79. The van der Waals surface area contributed by atoms with Gasteiger partial charge in [-0.05, 0) is 49.5 Å². The van der Waals surface area contributed by atoms with Crippen molar-refractivity contribution in [2.75, 3.05) is 13.1 Å². The fourth-order valence-electron chi connectivity index (χ4n) is 5.06. The van der Waals surface area contributed by atoms with Crippen LogP contribution in [0.15, 0.2) is 0 Å². The van der Waals surface area contributed by atoms with Gasteiger partial charge in [0.25, 0.3) is 0 Å². The molecule has 1 heterocycles. The minimum atomic E-state index is 0.668. The van der Waals surface area contributed by atoms with Gasteiger partial charge in [0.15, 0.2) is 0 Å². The Morgan fingerprint density at radius 3 is 2.50 bits per heavy atom. The van der Waals surface area contributed by atoms with Crippen LogP contribution in [0, 0.1) is 17.3 Å². The zero-order chi connectivity index (χ0) is 14.6. The molecule has 118 valence electrons. The van der Waals surface area contributed by atoms with E-state index in [1.165, 1.54) is 70.9 Å². The van der Waals surface area contributed by atoms with Gasteiger partial charge in [-0.2, -0.15) is 0 Å². The fourth-order valence-corrected chi connectivity index (χ4v) is 5.06. The van der Waals surface area contributed by atoms with Crippen LogP contribution in [-0.4, -0.2) is 24.0 Å². The Labute approximate surface area is 127 Å². The van der Waals surface area contributed by atoms with Gasteiger partial charge in [-0.3, -0.25) is 4.90 Å². The second kappa shape index (κ2) is 7.29. The highest BCUT2D eigenvalue weighted by atomic mass is 15.3. The van der Waals surface area contributed by atoms with E-state index in [0.717, 1.165) is 17.9 Å². The first-order chi connectivity index (χ1) is 9.66. The first kappa shape index (κ1) is 16.3. The Kier molecular flexibility index (Phi) is 5.95. The molecule has 1 saturated heterocycles. The lowest BCUT2D eigenvalue weighted by atomic mass is 9.65. The lowest BCUT2D eigenvalue weighted by Gasteiger charge is -2.40. The molecule has 0 N–H and O–H groups in total. The van der Waals surface area contributed by atoms with Gasteiger partial charge in [0.1, 0.15) is 0 Å². The van der Waals surface area contributed by atoms with Crippen molar-refractivity contribution < 1.29 is 0 Å². The molecule has 1 saturated carbocycles. The summed E-state index contributed by atoms with van der Waals surface area (Å²) in [5.74, 6) is 1.89. The summed E-state index contributed by atoms with van der Waals surface area (Å²) in [5.41, 5.74) is 0.668. The van der Waals surface area contributed by atoms with Crippen LogP contribution < -0.4 is 0 Å². The molecule has 0 spiro atoms. The standard InChI is InChI=1S/C19H37N/c1-5-7-9-11-17-12-10-13-19(17,16(3)4)18-15-20(18)14-8-6-2/h16-18H,5-15H2,1-4H3. The molecule has 0 aromatic rings. The van der Waals surface area contributed by atoms with Crippen LogP contribution in [0.25, 0.3) is 0 Å². The quantitative estimate of drug-likeness (QED) is 0.398. The van der Waals surface area contributed by atoms with Crippen LogP contribution in [0.2, 0.25) is 0 Å². The molecule has 0 aromatic heterocycles. The van der Waals surface area contributed by atoms with E-state index in [0.29, 0.717) is 5.41 Å².